The van der Waals surface area contributed by atoms with Crippen molar-refractivity contribution >= 4 is 11.9 Å². The fourth-order valence-corrected chi connectivity index (χ4v) is 1.92. The zero-order chi connectivity index (χ0) is 14.8. The Bertz CT molecular complexity index is 486. The molecule has 1 fully saturated rings. The topological polar surface area (TPSA) is 46.6 Å². The summed E-state index contributed by atoms with van der Waals surface area (Å²) in [6, 6.07) is 9.19. The second-order valence-corrected chi connectivity index (χ2v) is 6.13. The highest BCUT2D eigenvalue weighted by atomic mass is 16.6. The van der Waals surface area contributed by atoms with E-state index < -0.39 is 11.7 Å². The third kappa shape index (κ3) is 4.08. The number of hydrogen-bond donors (Lipinski definition) is 0. The number of amides is 1. The molecular weight excluding hydrogens is 254 g/mol. The number of rotatable bonds is 4. The van der Waals surface area contributed by atoms with Gasteiger partial charge in [0, 0.05) is 11.6 Å². The lowest BCUT2D eigenvalue weighted by atomic mass is 10.1. The van der Waals surface area contributed by atoms with Gasteiger partial charge in [-0.3, -0.25) is 9.69 Å². The van der Waals surface area contributed by atoms with E-state index in [1.54, 1.807) is 17.0 Å². The Balaban J connectivity index is 2.03. The SMILES string of the molecule is CC(C)(C)OC(=O)N(CC(=O)c1ccccc1)C1CC1. The lowest BCUT2D eigenvalue weighted by molar-refractivity contribution is 0.0232. The molecular formula is C16H21NO3. The lowest BCUT2D eigenvalue weighted by Crippen LogP contribution is -2.41. The molecule has 108 valence electrons. The summed E-state index contributed by atoms with van der Waals surface area (Å²) in [4.78, 5) is 25.9. The fraction of sp³-hybridized carbons (Fsp3) is 0.500. The molecule has 4 nitrogen and oxygen atoms in total. The van der Waals surface area contributed by atoms with Crippen LogP contribution in [0.4, 0.5) is 4.79 Å². The van der Waals surface area contributed by atoms with Gasteiger partial charge in [0.2, 0.25) is 0 Å². The summed E-state index contributed by atoms with van der Waals surface area (Å²) in [5, 5.41) is 0. The van der Waals surface area contributed by atoms with Gasteiger partial charge in [-0.05, 0) is 33.6 Å². The molecule has 1 aromatic carbocycles. The van der Waals surface area contributed by atoms with Gasteiger partial charge >= 0.3 is 6.09 Å². The van der Waals surface area contributed by atoms with Crippen molar-refractivity contribution < 1.29 is 14.3 Å². The third-order valence-corrected chi connectivity index (χ3v) is 3.03. The zero-order valence-corrected chi connectivity index (χ0v) is 12.3. The summed E-state index contributed by atoms with van der Waals surface area (Å²) in [7, 11) is 0. The minimum atomic E-state index is -0.542. The number of hydrogen-bond acceptors (Lipinski definition) is 3. The smallest absolute Gasteiger partial charge is 0.410 e. The molecule has 1 aromatic rings. The molecule has 0 N–H and O–H groups in total. The quantitative estimate of drug-likeness (QED) is 0.792. The maximum absolute atomic E-state index is 12.2. The van der Waals surface area contributed by atoms with Crippen LogP contribution in [0, 0.1) is 0 Å². The Hall–Kier alpha value is -1.84. The first-order valence-electron chi connectivity index (χ1n) is 6.95. The molecule has 1 aliphatic carbocycles. The molecule has 0 heterocycles. The van der Waals surface area contributed by atoms with E-state index in [1.807, 2.05) is 39.0 Å². The van der Waals surface area contributed by atoms with Crippen molar-refractivity contribution in [3.8, 4) is 0 Å². The van der Waals surface area contributed by atoms with E-state index in [1.165, 1.54) is 0 Å². The van der Waals surface area contributed by atoms with Gasteiger partial charge in [0.15, 0.2) is 5.78 Å². The van der Waals surface area contributed by atoms with Crippen molar-refractivity contribution in [2.45, 2.75) is 45.3 Å². The van der Waals surface area contributed by atoms with Crippen molar-refractivity contribution in [1.82, 2.24) is 4.90 Å². The number of Topliss-reactive ketones (excluding diaryl/α,β-unsaturated/α-hetero) is 1. The van der Waals surface area contributed by atoms with Crippen LogP contribution in [0.1, 0.15) is 44.0 Å². The summed E-state index contributed by atoms with van der Waals surface area (Å²) >= 11 is 0. The van der Waals surface area contributed by atoms with Gasteiger partial charge in [0.05, 0.1) is 6.54 Å². The molecule has 0 unspecified atom stereocenters. The molecule has 2 rings (SSSR count). The molecule has 20 heavy (non-hydrogen) atoms. The summed E-state index contributed by atoms with van der Waals surface area (Å²) in [6.07, 6.45) is 1.49. The Morgan fingerprint density at radius 2 is 1.80 bits per heavy atom. The van der Waals surface area contributed by atoms with Crippen LogP contribution in [0.3, 0.4) is 0 Å². The van der Waals surface area contributed by atoms with E-state index in [0.29, 0.717) is 5.56 Å². The van der Waals surface area contributed by atoms with Gasteiger partial charge in [0.1, 0.15) is 5.60 Å². The van der Waals surface area contributed by atoms with Crippen LogP contribution in [0.2, 0.25) is 0 Å². The van der Waals surface area contributed by atoms with Crippen LogP contribution in [0.15, 0.2) is 30.3 Å². The van der Waals surface area contributed by atoms with Crippen molar-refractivity contribution in [3.63, 3.8) is 0 Å². The van der Waals surface area contributed by atoms with Crippen LogP contribution >= 0.6 is 0 Å². The number of benzene rings is 1. The highest BCUT2D eigenvalue weighted by Crippen LogP contribution is 2.28. The molecule has 0 spiro atoms. The van der Waals surface area contributed by atoms with Crippen LogP contribution in [0.25, 0.3) is 0 Å². The first-order chi connectivity index (χ1) is 9.37. The molecule has 4 heteroatoms. The monoisotopic (exact) mass is 275 g/mol. The highest BCUT2D eigenvalue weighted by Gasteiger charge is 2.36. The van der Waals surface area contributed by atoms with Gasteiger partial charge in [-0.25, -0.2) is 4.79 Å². The molecule has 1 saturated carbocycles. The first-order valence-corrected chi connectivity index (χ1v) is 6.95. The summed E-state index contributed by atoms with van der Waals surface area (Å²) in [5.41, 5.74) is 0.0849. The van der Waals surface area contributed by atoms with Crippen LogP contribution < -0.4 is 0 Å². The van der Waals surface area contributed by atoms with E-state index in [-0.39, 0.29) is 18.4 Å². The van der Waals surface area contributed by atoms with Gasteiger partial charge in [-0.2, -0.15) is 0 Å². The number of nitrogens with zero attached hydrogens (tertiary/aromatic N) is 1. The Labute approximate surface area is 119 Å². The van der Waals surface area contributed by atoms with Crippen molar-refractivity contribution in [1.29, 1.82) is 0 Å². The Morgan fingerprint density at radius 3 is 2.30 bits per heavy atom. The zero-order valence-electron chi connectivity index (χ0n) is 12.3. The number of carbonyl (C=O) groups is 2. The van der Waals surface area contributed by atoms with E-state index in [9.17, 15) is 9.59 Å². The Morgan fingerprint density at radius 1 is 1.20 bits per heavy atom. The molecule has 0 aromatic heterocycles. The van der Waals surface area contributed by atoms with Crippen LogP contribution in [0.5, 0.6) is 0 Å². The van der Waals surface area contributed by atoms with Crippen molar-refractivity contribution in [2.24, 2.45) is 0 Å². The average molecular weight is 275 g/mol. The van der Waals surface area contributed by atoms with E-state index in [4.69, 9.17) is 4.74 Å². The van der Waals surface area contributed by atoms with Crippen LogP contribution in [-0.4, -0.2) is 35.0 Å². The number of ketones is 1. The standard InChI is InChI=1S/C16H21NO3/c1-16(2,3)20-15(19)17(13-9-10-13)11-14(18)12-7-5-4-6-8-12/h4-8,13H,9-11H2,1-3H3. The summed E-state index contributed by atoms with van der Waals surface area (Å²) in [6.45, 7) is 5.57. The minimum absolute atomic E-state index is 0.0524. The second kappa shape index (κ2) is 5.65. The molecule has 0 bridgehead atoms. The third-order valence-electron chi connectivity index (χ3n) is 3.03. The minimum Gasteiger partial charge on any atom is -0.444 e. The molecule has 1 aliphatic rings. The summed E-state index contributed by atoms with van der Waals surface area (Å²) < 4.78 is 5.37. The number of ether oxygens (including phenoxy) is 1. The first kappa shape index (κ1) is 14.6. The van der Waals surface area contributed by atoms with Gasteiger partial charge in [-0.1, -0.05) is 30.3 Å². The maximum Gasteiger partial charge on any atom is 0.410 e. The molecule has 0 saturated heterocycles. The number of carbonyl (C=O) groups excluding carboxylic acids is 2. The predicted molar refractivity (Wildman–Crippen MR) is 76.7 cm³/mol. The Kier molecular flexibility index (Phi) is 4.12. The van der Waals surface area contributed by atoms with Crippen LogP contribution in [-0.2, 0) is 4.74 Å². The van der Waals surface area contributed by atoms with E-state index in [0.717, 1.165) is 12.8 Å². The highest BCUT2D eigenvalue weighted by molar-refractivity contribution is 5.98. The molecule has 1 amide bonds. The summed E-state index contributed by atoms with van der Waals surface area (Å²) in [5.74, 6) is -0.0524. The van der Waals surface area contributed by atoms with Crippen molar-refractivity contribution in [2.75, 3.05) is 6.54 Å². The molecule has 0 radical (unpaired) electrons. The second-order valence-electron chi connectivity index (χ2n) is 6.13. The molecule has 0 atom stereocenters. The molecule has 0 aliphatic heterocycles. The lowest BCUT2D eigenvalue weighted by Gasteiger charge is -2.27. The normalized spacial score (nSPS) is 14.8. The average Bonchev–Trinajstić information content (AvgIpc) is 3.18. The van der Waals surface area contributed by atoms with Gasteiger partial charge < -0.3 is 4.74 Å². The van der Waals surface area contributed by atoms with E-state index in [2.05, 4.69) is 0 Å². The maximum atomic E-state index is 12.2. The fourth-order valence-electron chi connectivity index (χ4n) is 1.92. The largest absolute Gasteiger partial charge is 0.444 e. The van der Waals surface area contributed by atoms with Gasteiger partial charge in [0.25, 0.3) is 0 Å². The predicted octanol–water partition coefficient (Wildman–Crippen LogP) is 3.27. The van der Waals surface area contributed by atoms with Gasteiger partial charge in [-0.15, -0.1) is 0 Å². The van der Waals surface area contributed by atoms with E-state index >= 15 is 0 Å². The van der Waals surface area contributed by atoms with Crippen molar-refractivity contribution in [3.05, 3.63) is 35.9 Å².